The molecule has 7 heteroatoms. The smallest absolute Gasteiger partial charge is 0.240 e. The van der Waals surface area contributed by atoms with Crippen molar-refractivity contribution in [1.29, 1.82) is 0 Å². The molecular weight excluding hydrogens is 220 g/mol. The zero-order chi connectivity index (χ0) is 11.9. The van der Waals surface area contributed by atoms with Gasteiger partial charge in [-0.15, -0.1) is 0 Å². The molecular formula is C10H6N6O. The summed E-state index contributed by atoms with van der Waals surface area (Å²) in [5, 5.41) is 0.587. The molecule has 0 radical (unpaired) electrons. The maximum Gasteiger partial charge on any atom is 0.240 e. The molecule has 0 amide bonds. The van der Waals surface area contributed by atoms with Crippen molar-refractivity contribution in [2.24, 2.45) is 9.98 Å². The van der Waals surface area contributed by atoms with Crippen LogP contribution in [0.15, 0.2) is 41.0 Å². The van der Waals surface area contributed by atoms with Crippen LogP contribution in [0.4, 0.5) is 5.82 Å². The van der Waals surface area contributed by atoms with Crippen molar-refractivity contribution in [2.45, 2.75) is 0 Å². The van der Waals surface area contributed by atoms with E-state index in [0.29, 0.717) is 11.2 Å². The Kier molecular flexibility index (Phi) is 3.36. The fourth-order valence-electron chi connectivity index (χ4n) is 1.00. The molecule has 3 heterocycles. The second-order valence-corrected chi connectivity index (χ2v) is 2.78. The monoisotopic (exact) mass is 226 g/mol. The van der Waals surface area contributed by atoms with Crippen LogP contribution in [0, 0.1) is 0 Å². The Morgan fingerprint density at radius 1 is 1.18 bits per heavy atom. The minimum absolute atomic E-state index is 0.0120. The van der Waals surface area contributed by atoms with Gasteiger partial charge in [0.15, 0.2) is 11.8 Å². The van der Waals surface area contributed by atoms with Crippen LogP contribution in [-0.4, -0.2) is 32.2 Å². The largest absolute Gasteiger partial charge is 0.245 e. The van der Waals surface area contributed by atoms with Gasteiger partial charge in [0.05, 0.1) is 6.20 Å². The summed E-state index contributed by atoms with van der Waals surface area (Å²) in [4.78, 5) is 32.4. The number of hydrogen-bond acceptors (Lipinski definition) is 7. The number of carbonyl (C=O) groups excluding carboxylic acids is 1. The van der Waals surface area contributed by atoms with Crippen LogP contribution in [0.3, 0.4) is 0 Å². The average Bonchev–Trinajstić information content (AvgIpc) is 2.88. The van der Waals surface area contributed by atoms with Gasteiger partial charge in [-0.25, -0.2) is 29.7 Å². The van der Waals surface area contributed by atoms with E-state index in [9.17, 15) is 4.79 Å². The van der Waals surface area contributed by atoms with Crippen LogP contribution < -0.4 is 10.8 Å². The molecule has 0 spiro atoms. The molecule has 82 valence electrons. The summed E-state index contributed by atoms with van der Waals surface area (Å²) in [5.74, 6) is 2.00. The highest BCUT2D eigenvalue weighted by molar-refractivity contribution is 5.64. The Bertz CT molecular complexity index is 636. The Balaban J connectivity index is 0.000000153. The number of fused-ring (bicyclic) bond motifs is 1. The van der Waals surface area contributed by atoms with Gasteiger partial charge in [0.2, 0.25) is 5.48 Å². The summed E-state index contributed by atoms with van der Waals surface area (Å²) in [6.07, 6.45) is 7.68. The highest BCUT2D eigenvalue weighted by Crippen LogP contribution is 1.96. The Morgan fingerprint density at radius 3 is 2.59 bits per heavy atom. The van der Waals surface area contributed by atoms with E-state index in [-0.39, 0.29) is 5.48 Å². The van der Waals surface area contributed by atoms with Gasteiger partial charge in [-0.1, -0.05) is 0 Å². The lowest BCUT2D eigenvalue weighted by atomic mass is 10.5. The summed E-state index contributed by atoms with van der Waals surface area (Å²) in [6.45, 7) is 0. The zero-order valence-electron chi connectivity index (χ0n) is 8.56. The first kappa shape index (κ1) is 10.7. The van der Waals surface area contributed by atoms with E-state index in [1.165, 1.54) is 18.9 Å². The van der Waals surface area contributed by atoms with E-state index in [4.69, 9.17) is 0 Å². The molecule has 1 aliphatic rings. The molecule has 0 fully saturated rings. The third kappa shape index (κ3) is 2.83. The second kappa shape index (κ2) is 5.34. The third-order valence-corrected chi connectivity index (χ3v) is 1.70. The summed E-state index contributed by atoms with van der Waals surface area (Å²) in [7, 11) is 0. The molecule has 0 saturated carbocycles. The summed E-state index contributed by atoms with van der Waals surface area (Å²) < 4.78 is 0. The van der Waals surface area contributed by atoms with Gasteiger partial charge in [0, 0.05) is 12.4 Å². The van der Waals surface area contributed by atoms with Crippen molar-refractivity contribution < 1.29 is 4.79 Å². The van der Waals surface area contributed by atoms with E-state index in [1.54, 1.807) is 24.4 Å². The topological polar surface area (TPSA) is 93.3 Å². The van der Waals surface area contributed by atoms with Gasteiger partial charge in [-0.3, -0.25) is 0 Å². The van der Waals surface area contributed by atoms with Crippen molar-refractivity contribution in [3.63, 3.8) is 0 Å². The van der Waals surface area contributed by atoms with Crippen molar-refractivity contribution in [1.82, 2.24) is 19.9 Å². The van der Waals surface area contributed by atoms with E-state index in [0.717, 1.165) is 0 Å². The fraction of sp³-hybridized carbons (Fsp3) is 0. The van der Waals surface area contributed by atoms with Gasteiger partial charge < -0.3 is 0 Å². The molecule has 3 rings (SSSR count). The van der Waals surface area contributed by atoms with Crippen molar-refractivity contribution in [2.75, 3.05) is 0 Å². The third-order valence-electron chi connectivity index (χ3n) is 1.70. The molecule has 1 aliphatic heterocycles. The molecule has 0 bridgehead atoms. The Labute approximate surface area is 95.4 Å². The second-order valence-electron chi connectivity index (χ2n) is 2.78. The Hall–Kier alpha value is -2.79. The lowest BCUT2D eigenvalue weighted by molar-refractivity contribution is 0.565. The van der Waals surface area contributed by atoms with Crippen LogP contribution in [0.5, 0.6) is 0 Å². The Morgan fingerprint density at radius 2 is 2.00 bits per heavy atom. The standard InChI is InChI=1S/C6H2N4O.C4H4N2/c11-2-5-7-1-4-6(10-5)9-3-8-4;1-2-5-4-6-3-1/h1,3H;1-4H. The van der Waals surface area contributed by atoms with Gasteiger partial charge in [0.25, 0.3) is 0 Å². The minimum atomic E-state index is 0.0120. The first-order chi connectivity index (χ1) is 8.40. The highest BCUT2D eigenvalue weighted by atomic mass is 16.1. The molecule has 0 atom stereocenters. The first-order valence-electron chi connectivity index (χ1n) is 4.58. The molecule has 7 nitrogen and oxygen atoms in total. The van der Waals surface area contributed by atoms with E-state index >= 15 is 0 Å². The molecule has 2 aromatic rings. The van der Waals surface area contributed by atoms with Gasteiger partial charge in [-0.05, 0) is 6.07 Å². The normalized spacial score (nSPS) is 10.6. The number of hydrogen-bond donors (Lipinski definition) is 0. The van der Waals surface area contributed by atoms with E-state index in [1.807, 2.05) is 0 Å². The summed E-state index contributed by atoms with van der Waals surface area (Å²) >= 11 is 0. The van der Waals surface area contributed by atoms with Crippen molar-refractivity contribution in [3.8, 4) is 0 Å². The average molecular weight is 226 g/mol. The SMILES string of the molecule is O=C=c1ncc2c(n1)N=CN=2.c1cncnc1. The number of aliphatic imine (C=N–C) groups is 1. The number of rotatable bonds is 0. The van der Waals surface area contributed by atoms with Crippen molar-refractivity contribution >= 4 is 18.1 Å². The molecule has 0 saturated heterocycles. The lowest BCUT2D eigenvalue weighted by Crippen LogP contribution is -2.18. The molecule has 0 aliphatic carbocycles. The quantitative estimate of drug-likeness (QED) is 0.559. The maximum atomic E-state index is 10.1. The zero-order valence-corrected chi connectivity index (χ0v) is 8.56. The van der Waals surface area contributed by atoms with Crippen LogP contribution in [0.2, 0.25) is 0 Å². The fourth-order valence-corrected chi connectivity index (χ4v) is 1.00. The van der Waals surface area contributed by atoms with Crippen LogP contribution in [0.25, 0.3) is 0 Å². The predicted molar refractivity (Wildman–Crippen MR) is 57.8 cm³/mol. The predicted octanol–water partition coefficient (Wildman–Crippen LogP) is -1.25. The summed E-state index contributed by atoms with van der Waals surface area (Å²) in [5.41, 5.74) is 0.0120. The molecule has 0 unspecified atom stereocenters. The van der Waals surface area contributed by atoms with E-state index in [2.05, 4.69) is 29.9 Å². The van der Waals surface area contributed by atoms with Gasteiger partial charge in [-0.2, -0.15) is 4.98 Å². The highest BCUT2D eigenvalue weighted by Gasteiger charge is 1.99. The molecule has 17 heavy (non-hydrogen) atoms. The van der Waals surface area contributed by atoms with Crippen LogP contribution in [0.1, 0.15) is 0 Å². The lowest BCUT2D eigenvalue weighted by Gasteiger charge is -1.83. The van der Waals surface area contributed by atoms with Crippen molar-refractivity contribution in [3.05, 3.63) is 41.8 Å². The van der Waals surface area contributed by atoms with Crippen LogP contribution in [-0.2, 0) is 4.79 Å². The van der Waals surface area contributed by atoms with Gasteiger partial charge in [0.1, 0.15) is 18.0 Å². The molecule has 0 aromatic carbocycles. The minimum Gasteiger partial charge on any atom is -0.245 e. The number of aromatic nitrogens is 4. The number of nitrogens with zero attached hydrogens (tertiary/aromatic N) is 6. The van der Waals surface area contributed by atoms with E-state index < -0.39 is 0 Å². The summed E-state index contributed by atoms with van der Waals surface area (Å²) in [6, 6.07) is 1.78. The molecule has 2 aromatic heterocycles. The van der Waals surface area contributed by atoms with Crippen LogP contribution >= 0.6 is 0 Å². The van der Waals surface area contributed by atoms with Gasteiger partial charge >= 0.3 is 0 Å². The maximum absolute atomic E-state index is 10.1. The molecule has 0 N–H and O–H groups in total. The first-order valence-corrected chi connectivity index (χ1v) is 4.58.